The highest BCUT2D eigenvalue weighted by Gasteiger charge is 2.35. The van der Waals surface area contributed by atoms with Crippen molar-refractivity contribution in [1.82, 2.24) is 0 Å². The van der Waals surface area contributed by atoms with Crippen LogP contribution in [0.15, 0.2) is 24.3 Å². The molecule has 0 atom stereocenters. The minimum absolute atomic E-state index is 0.102. The number of nitrogens with two attached hydrogens (primary N) is 1. The number of carbonyl (C=O) groups is 1. The van der Waals surface area contributed by atoms with Gasteiger partial charge in [-0.25, -0.2) is 0 Å². The average molecular weight is 285 g/mol. The van der Waals surface area contributed by atoms with Gasteiger partial charge in [-0.15, -0.1) is 0 Å². The third-order valence-electron chi connectivity index (χ3n) is 4.34. The average Bonchev–Trinajstić information content (AvgIpc) is 2.48. The molecule has 1 fully saturated rings. The number of amides is 1. The maximum absolute atomic E-state index is 12.3. The third kappa shape index (κ3) is 3.43. The molecule has 1 amide bonds. The Hall–Kier alpha value is -1.86. The van der Waals surface area contributed by atoms with E-state index in [1.807, 2.05) is 38.1 Å². The summed E-state index contributed by atoms with van der Waals surface area (Å²) in [6.45, 7) is 3.75. The number of anilines is 1. The predicted octanol–water partition coefficient (Wildman–Crippen LogP) is 3.09. The number of benzene rings is 1. The second kappa shape index (κ2) is 5.87. The van der Waals surface area contributed by atoms with E-state index in [-0.39, 0.29) is 5.91 Å². The molecule has 1 aromatic carbocycles. The zero-order chi connectivity index (χ0) is 15.5. The molecular formula is C17H23N3O. The molecule has 4 nitrogen and oxygen atoms in total. The number of nitriles is 1. The predicted molar refractivity (Wildman–Crippen MR) is 83.7 cm³/mol. The lowest BCUT2D eigenvalue weighted by Gasteiger charge is -2.31. The summed E-state index contributed by atoms with van der Waals surface area (Å²) in [6.07, 6.45) is 4.68. The number of nitrogens with one attached hydrogen (secondary N) is 1. The van der Waals surface area contributed by atoms with Crippen molar-refractivity contribution >= 4 is 11.6 Å². The van der Waals surface area contributed by atoms with Gasteiger partial charge in [0, 0.05) is 5.69 Å². The summed E-state index contributed by atoms with van der Waals surface area (Å²) in [4.78, 5) is 12.3. The van der Waals surface area contributed by atoms with E-state index in [1.54, 1.807) is 0 Å². The van der Waals surface area contributed by atoms with Crippen LogP contribution in [0.3, 0.4) is 0 Å². The molecular weight excluding hydrogens is 262 g/mol. The Labute approximate surface area is 126 Å². The Morgan fingerprint density at radius 1 is 1.24 bits per heavy atom. The van der Waals surface area contributed by atoms with Crippen LogP contribution in [0.4, 0.5) is 5.69 Å². The van der Waals surface area contributed by atoms with Crippen molar-refractivity contribution in [3.63, 3.8) is 0 Å². The van der Waals surface area contributed by atoms with Gasteiger partial charge in [0.2, 0.25) is 5.91 Å². The van der Waals surface area contributed by atoms with Crippen LogP contribution in [-0.2, 0) is 10.2 Å². The molecule has 0 saturated heterocycles. The van der Waals surface area contributed by atoms with Crippen LogP contribution >= 0.6 is 0 Å². The summed E-state index contributed by atoms with van der Waals surface area (Å²) in [6, 6.07) is 9.69. The summed E-state index contributed by atoms with van der Waals surface area (Å²) < 4.78 is 0. The summed E-state index contributed by atoms with van der Waals surface area (Å²) in [5.41, 5.74) is 6.62. The zero-order valence-corrected chi connectivity index (χ0v) is 12.8. The van der Waals surface area contributed by atoms with Crippen molar-refractivity contribution in [2.24, 2.45) is 5.73 Å². The molecule has 0 aromatic heterocycles. The van der Waals surface area contributed by atoms with E-state index >= 15 is 0 Å². The normalized spacial score (nSPS) is 17.8. The minimum atomic E-state index is -0.733. The van der Waals surface area contributed by atoms with Crippen LogP contribution in [-0.4, -0.2) is 11.4 Å². The first-order valence-electron chi connectivity index (χ1n) is 7.49. The fraction of sp³-hybridized carbons (Fsp3) is 0.529. The molecule has 0 spiro atoms. The highest BCUT2D eigenvalue weighted by Crippen LogP contribution is 2.28. The van der Waals surface area contributed by atoms with Gasteiger partial charge in [-0.05, 0) is 44.4 Å². The number of carbonyl (C=O) groups excluding carboxylic acids is 1. The third-order valence-corrected chi connectivity index (χ3v) is 4.34. The van der Waals surface area contributed by atoms with E-state index in [0.717, 1.165) is 43.4 Å². The first kappa shape index (κ1) is 15.5. The smallest absolute Gasteiger partial charge is 0.244 e. The van der Waals surface area contributed by atoms with Crippen LogP contribution in [0.1, 0.15) is 51.5 Å². The molecule has 0 unspecified atom stereocenters. The van der Waals surface area contributed by atoms with Crippen molar-refractivity contribution in [1.29, 1.82) is 5.26 Å². The Morgan fingerprint density at radius 2 is 1.81 bits per heavy atom. The quantitative estimate of drug-likeness (QED) is 0.895. The molecule has 112 valence electrons. The number of hydrogen-bond donors (Lipinski definition) is 2. The fourth-order valence-corrected chi connectivity index (χ4v) is 2.70. The van der Waals surface area contributed by atoms with Gasteiger partial charge >= 0.3 is 0 Å². The van der Waals surface area contributed by atoms with E-state index in [4.69, 9.17) is 11.0 Å². The lowest BCUT2D eigenvalue weighted by molar-refractivity contribution is -0.122. The standard InChI is InChI=1S/C17H23N3O/c1-16(2,12-18)13-6-8-14(9-7-13)20-15(21)17(19)10-4-3-5-11-17/h6-9H,3-5,10-11,19H2,1-2H3,(H,20,21). The molecule has 1 saturated carbocycles. The molecule has 1 aliphatic carbocycles. The Balaban J connectivity index is 2.07. The van der Waals surface area contributed by atoms with E-state index in [1.165, 1.54) is 0 Å². The highest BCUT2D eigenvalue weighted by molar-refractivity contribution is 5.98. The summed E-state index contributed by atoms with van der Waals surface area (Å²) in [5, 5.41) is 12.0. The highest BCUT2D eigenvalue weighted by atomic mass is 16.2. The molecule has 21 heavy (non-hydrogen) atoms. The minimum Gasteiger partial charge on any atom is -0.324 e. The van der Waals surface area contributed by atoms with Crippen LogP contribution in [0.2, 0.25) is 0 Å². The van der Waals surface area contributed by atoms with Gasteiger partial charge < -0.3 is 11.1 Å². The first-order chi connectivity index (χ1) is 9.87. The van der Waals surface area contributed by atoms with Gasteiger partial charge in [0.1, 0.15) is 0 Å². The molecule has 0 radical (unpaired) electrons. The largest absolute Gasteiger partial charge is 0.324 e. The molecule has 1 aliphatic rings. The van der Waals surface area contributed by atoms with Crippen molar-refractivity contribution in [2.75, 3.05) is 5.32 Å². The van der Waals surface area contributed by atoms with E-state index in [0.29, 0.717) is 0 Å². The fourth-order valence-electron chi connectivity index (χ4n) is 2.70. The molecule has 1 aromatic rings. The molecule has 0 heterocycles. The summed E-state index contributed by atoms with van der Waals surface area (Å²) in [7, 11) is 0. The maximum Gasteiger partial charge on any atom is 0.244 e. The van der Waals surface area contributed by atoms with Gasteiger partial charge in [-0.1, -0.05) is 31.4 Å². The van der Waals surface area contributed by atoms with Crippen LogP contribution in [0.25, 0.3) is 0 Å². The van der Waals surface area contributed by atoms with Gasteiger partial charge in [0.25, 0.3) is 0 Å². The van der Waals surface area contributed by atoms with Crippen molar-refractivity contribution in [3.05, 3.63) is 29.8 Å². The van der Waals surface area contributed by atoms with Gasteiger partial charge in [-0.2, -0.15) is 5.26 Å². The lowest BCUT2D eigenvalue weighted by atomic mass is 9.82. The maximum atomic E-state index is 12.3. The molecule has 0 bridgehead atoms. The van der Waals surface area contributed by atoms with Crippen molar-refractivity contribution in [2.45, 2.75) is 56.9 Å². The second-order valence-electron chi connectivity index (χ2n) is 6.49. The Kier molecular flexibility index (Phi) is 4.34. The SMILES string of the molecule is CC(C)(C#N)c1ccc(NC(=O)C2(N)CCCCC2)cc1. The number of hydrogen-bond acceptors (Lipinski definition) is 3. The molecule has 3 N–H and O–H groups in total. The van der Waals surface area contributed by atoms with Gasteiger partial charge in [0.05, 0.1) is 17.0 Å². The number of nitrogens with zero attached hydrogens (tertiary/aromatic N) is 1. The van der Waals surface area contributed by atoms with E-state index < -0.39 is 11.0 Å². The Bertz CT molecular complexity index is 548. The van der Waals surface area contributed by atoms with Crippen LogP contribution < -0.4 is 11.1 Å². The van der Waals surface area contributed by atoms with E-state index in [2.05, 4.69) is 11.4 Å². The monoisotopic (exact) mass is 285 g/mol. The summed E-state index contributed by atoms with van der Waals surface area (Å²) in [5.74, 6) is -0.102. The topological polar surface area (TPSA) is 78.9 Å². The molecule has 0 aliphatic heterocycles. The van der Waals surface area contributed by atoms with Gasteiger partial charge in [0.15, 0.2) is 0 Å². The van der Waals surface area contributed by atoms with Gasteiger partial charge in [-0.3, -0.25) is 4.79 Å². The Morgan fingerprint density at radius 3 is 2.33 bits per heavy atom. The summed E-state index contributed by atoms with van der Waals surface area (Å²) >= 11 is 0. The van der Waals surface area contributed by atoms with Crippen LogP contribution in [0, 0.1) is 11.3 Å². The second-order valence-corrected chi connectivity index (χ2v) is 6.49. The molecule has 4 heteroatoms. The van der Waals surface area contributed by atoms with Crippen molar-refractivity contribution in [3.8, 4) is 6.07 Å². The molecule has 2 rings (SSSR count). The van der Waals surface area contributed by atoms with Crippen LogP contribution in [0.5, 0.6) is 0 Å². The first-order valence-corrected chi connectivity index (χ1v) is 7.49. The zero-order valence-electron chi connectivity index (χ0n) is 12.8. The van der Waals surface area contributed by atoms with E-state index in [9.17, 15) is 4.79 Å². The number of rotatable bonds is 3. The lowest BCUT2D eigenvalue weighted by Crippen LogP contribution is -2.52. The van der Waals surface area contributed by atoms with Crippen molar-refractivity contribution < 1.29 is 4.79 Å².